The van der Waals surface area contributed by atoms with Gasteiger partial charge >= 0.3 is 0 Å². The highest BCUT2D eigenvalue weighted by molar-refractivity contribution is 5.58. The Morgan fingerprint density at radius 3 is 1.83 bits per heavy atom. The second-order valence-electron chi connectivity index (χ2n) is 12.3. The average Bonchev–Trinajstić information content (AvgIpc) is 3.11. The van der Waals surface area contributed by atoms with Crippen molar-refractivity contribution in [1.29, 1.82) is 0 Å². The number of hydrogen-bond donors (Lipinski definition) is 0. The zero-order chi connectivity index (χ0) is 32.6. The maximum absolute atomic E-state index is 6.17. The lowest BCUT2D eigenvalue weighted by molar-refractivity contribution is 0.0724. The lowest BCUT2D eigenvalue weighted by Gasteiger charge is -2.35. The minimum Gasteiger partial charge on any atom is -0.478 e. The van der Waals surface area contributed by atoms with Crippen LogP contribution in [0.3, 0.4) is 0 Å². The summed E-state index contributed by atoms with van der Waals surface area (Å²) in [6.45, 7) is 21.6. The van der Waals surface area contributed by atoms with Gasteiger partial charge in [-0.25, -0.2) is 0 Å². The summed E-state index contributed by atoms with van der Waals surface area (Å²) in [6, 6.07) is 22.1. The van der Waals surface area contributed by atoms with E-state index in [0.29, 0.717) is 19.5 Å². The molecule has 0 saturated carbocycles. The number of rotatable bonds is 14. The van der Waals surface area contributed by atoms with Gasteiger partial charge in [-0.2, -0.15) is 0 Å². The first-order valence-electron chi connectivity index (χ1n) is 16.5. The number of anilines is 3. The summed E-state index contributed by atoms with van der Waals surface area (Å²) < 4.78 is 12.3. The molecular formula is C41H46N4O2. The van der Waals surface area contributed by atoms with Gasteiger partial charge in [0.05, 0.1) is 0 Å². The van der Waals surface area contributed by atoms with Crippen molar-refractivity contribution >= 4 is 17.1 Å². The lowest BCUT2D eigenvalue weighted by atomic mass is 9.96. The van der Waals surface area contributed by atoms with Crippen molar-refractivity contribution < 1.29 is 9.47 Å². The van der Waals surface area contributed by atoms with E-state index >= 15 is 0 Å². The molecule has 0 amide bonds. The van der Waals surface area contributed by atoms with Crippen molar-refractivity contribution in [3.63, 3.8) is 0 Å². The highest BCUT2D eigenvalue weighted by Gasteiger charge is 2.25. The van der Waals surface area contributed by atoms with Crippen LogP contribution in [0.4, 0.5) is 17.1 Å². The molecule has 6 rings (SSSR count). The zero-order valence-corrected chi connectivity index (χ0v) is 27.4. The second kappa shape index (κ2) is 15.1. The van der Waals surface area contributed by atoms with Gasteiger partial charge in [-0.3, -0.25) is 4.90 Å². The molecule has 1 unspecified atom stereocenters. The Hall–Kier alpha value is -4.94. The third-order valence-corrected chi connectivity index (χ3v) is 9.05. The summed E-state index contributed by atoms with van der Waals surface area (Å²) in [7, 11) is 0. The predicted octanol–water partition coefficient (Wildman–Crippen LogP) is 8.05. The van der Waals surface area contributed by atoms with Crippen molar-refractivity contribution in [3.8, 4) is 11.5 Å². The van der Waals surface area contributed by atoms with Crippen LogP contribution in [0.15, 0.2) is 135 Å². The van der Waals surface area contributed by atoms with Gasteiger partial charge in [-0.05, 0) is 72.5 Å². The molecule has 3 aromatic carbocycles. The second-order valence-corrected chi connectivity index (χ2v) is 12.3. The van der Waals surface area contributed by atoms with Gasteiger partial charge in [0.25, 0.3) is 0 Å². The van der Waals surface area contributed by atoms with E-state index in [1.54, 1.807) is 0 Å². The Bertz CT molecular complexity index is 1640. The van der Waals surface area contributed by atoms with E-state index in [-0.39, 0.29) is 0 Å². The van der Waals surface area contributed by atoms with Crippen molar-refractivity contribution in [2.45, 2.75) is 32.0 Å². The first kappa shape index (κ1) is 32.0. The number of allylic oxidation sites excluding steroid dienone is 2. The number of fused-ring (bicyclic) bond motifs is 2. The SMILES string of the molecule is C=CCN(CC=C)c1ccc2c(c1)CN(c1ccc(CC3=CCC(N4COc5ccc(N(CC=C)CC=C)cc5C4)C=C3)cc1)CO2. The van der Waals surface area contributed by atoms with E-state index in [2.05, 4.69) is 125 Å². The molecule has 2 aliphatic heterocycles. The molecule has 2 heterocycles. The van der Waals surface area contributed by atoms with Crippen LogP contribution in [0.2, 0.25) is 0 Å². The smallest absolute Gasteiger partial charge is 0.161 e. The number of ether oxygens (including phenoxy) is 2. The molecule has 0 bridgehead atoms. The molecule has 6 heteroatoms. The molecular weight excluding hydrogens is 580 g/mol. The van der Waals surface area contributed by atoms with Gasteiger partial charge in [-0.15, -0.1) is 26.3 Å². The molecule has 0 aromatic heterocycles. The highest BCUT2D eigenvalue weighted by atomic mass is 16.5. The van der Waals surface area contributed by atoms with Crippen LogP contribution in [0.5, 0.6) is 11.5 Å². The van der Waals surface area contributed by atoms with Crippen LogP contribution in [-0.2, 0) is 19.5 Å². The monoisotopic (exact) mass is 626 g/mol. The number of hydrogen-bond acceptors (Lipinski definition) is 6. The maximum Gasteiger partial charge on any atom is 0.161 e. The fourth-order valence-electron chi connectivity index (χ4n) is 6.56. The fourth-order valence-corrected chi connectivity index (χ4v) is 6.56. The number of benzene rings is 3. The van der Waals surface area contributed by atoms with Gasteiger partial charge < -0.3 is 24.2 Å². The van der Waals surface area contributed by atoms with Gasteiger partial charge in [-0.1, -0.05) is 54.7 Å². The molecule has 3 aliphatic rings. The Morgan fingerprint density at radius 1 is 0.702 bits per heavy atom. The van der Waals surface area contributed by atoms with Crippen LogP contribution >= 0.6 is 0 Å². The van der Waals surface area contributed by atoms with E-state index in [1.165, 1.54) is 28.0 Å². The highest BCUT2D eigenvalue weighted by Crippen LogP contribution is 2.34. The normalized spacial score (nSPS) is 16.9. The number of nitrogens with zero attached hydrogens (tertiary/aromatic N) is 4. The standard InChI is InChI=1S/C41H46N4O2/c1-5-21-42(22-6-2)38-17-19-40-34(26-38)28-44(30-46-40)36-13-9-32(10-14-36)25-33-11-15-37(16-12-33)45-29-35-27-39(18-20-41(35)47-31-45)43(23-7-3)24-8-4/h5-15,17-20,26-27,37H,1-4,16,21-25,28-31H2. The van der Waals surface area contributed by atoms with E-state index in [0.717, 1.165) is 75.0 Å². The third kappa shape index (κ3) is 7.55. The van der Waals surface area contributed by atoms with Crippen LogP contribution < -0.4 is 24.2 Å². The summed E-state index contributed by atoms with van der Waals surface area (Å²) in [5.74, 6) is 1.93. The van der Waals surface area contributed by atoms with E-state index < -0.39 is 0 Å². The molecule has 1 atom stereocenters. The average molecular weight is 627 g/mol. The molecule has 6 nitrogen and oxygen atoms in total. The summed E-state index contributed by atoms with van der Waals surface area (Å²) in [5, 5.41) is 0. The molecule has 0 spiro atoms. The minimum atomic E-state index is 0.318. The largest absolute Gasteiger partial charge is 0.478 e. The summed E-state index contributed by atoms with van der Waals surface area (Å²) in [6.07, 6.45) is 16.6. The van der Waals surface area contributed by atoms with E-state index in [4.69, 9.17) is 9.47 Å². The minimum absolute atomic E-state index is 0.318. The van der Waals surface area contributed by atoms with Gasteiger partial charge in [0.15, 0.2) is 6.73 Å². The van der Waals surface area contributed by atoms with Crippen molar-refractivity contribution in [2.75, 3.05) is 54.3 Å². The zero-order valence-electron chi connectivity index (χ0n) is 27.4. The van der Waals surface area contributed by atoms with Crippen molar-refractivity contribution in [1.82, 2.24) is 4.90 Å². The summed E-state index contributed by atoms with van der Waals surface area (Å²) in [5.41, 5.74) is 8.56. The fraction of sp³-hybridized carbons (Fsp3) is 0.268. The van der Waals surface area contributed by atoms with Gasteiger partial charge in [0.2, 0.25) is 0 Å². The van der Waals surface area contributed by atoms with E-state index in [9.17, 15) is 0 Å². The van der Waals surface area contributed by atoms with E-state index in [1.807, 2.05) is 24.3 Å². The van der Waals surface area contributed by atoms with Crippen LogP contribution in [0.1, 0.15) is 23.1 Å². The summed E-state index contributed by atoms with van der Waals surface area (Å²) in [4.78, 5) is 9.21. The van der Waals surface area contributed by atoms with Crippen LogP contribution in [0.25, 0.3) is 0 Å². The molecule has 0 saturated heterocycles. The van der Waals surface area contributed by atoms with Gasteiger partial charge in [0, 0.05) is 73.5 Å². The molecule has 0 fully saturated rings. The van der Waals surface area contributed by atoms with Gasteiger partial charge in [0.1, 0.15) is 18.2 Å². The molecule has 0 N–H and O–H groups in total. The van der Waals surface area contributed by atoms with Crippen LogP contribution in [0, 0.1) is 0 Å². The first-order chi connectivity index (χ1) is 23.1. The Balaban J connectivity index is 1.04. The Kier molecular flexibility index (Phi) is 10.3. The summed E-state index contributed by atoms with van der Waals surface area (Å²) >= 11 is 0. The molecule has 1 aliphatic carbocycles. The quantitative estimate of drug-likeness (QED) is 0.168. The molecule has 0 radical (unpaired) electrons. The lowest BCUT2D eigenvalue weighted by Crippen LogP contribution is -2.39. The predicted molar refractivity (Wildman–Crippen MR) is 197 cm³/mol. The van der Waals surface area contributed by atoms with Crippen molar-refractivity contribution in [2.24, 2.45) is 0 Å². The first-order valence-corrected chi connectivity index (χ1v) is 16.5. The molecule has 3 aromatic rings. The topological polar surface area (TPSA) is 31.4 Å². The Morgan fingerprint density at radius 2 is 1.28 bits per heavy atom. The molecule has 242 valence electrons. The Labute approximate surface area is 280 Å². The maximum atomic E-state index is 6.17. The van der Waals surface area contributed by atoms with Crippen LogP contribution in [-0.4, -0.2) is 50.6 Å². The van der Waals surface area contributed by atoms with Crippen molar-refractivity contribution in [3.05, 3.63) is 152 Å². The molecule has 47 heavy (non-hydrogen) atoms. The third-order valence-electron chi connectivity index (χ3n) is 9.05.